The first kappa shape index (κ1) is 14.8. The van der Waals surface area contributed by atoms with Gasteiger partial charge >= 0.3 is 0 Å². The van der Waals surface area contributed by atoms with Gasteiger partial charge in [0.05, 0.1) is 5.54 Å². The molecule has 4 heteroatoms. The van der Waals surface area contributed by atoms with Crippen molar-refractivity contribution in [3.63, 3.8) is 0 Å². The van der Waals surface area contributed by atoms with Crippen LogP contribution >= 0.6 is 0 Å². The first-order valence-corrected chi connectivity index (χ1v) is 7.51. The van der Waals surface area contributed by atoms with Crippen LogP contribution in [0.5, 0.6) is 0 Å². The topological polar surface area (TPSA) is 35.6 Å². The van der Waals surface area contributed by atoms with Gasteiger partial charge in [0.1, 0.15) is 0 Å². The Kier molecular flexibility index (Phi) is 3.94. The fourth-order valence-corrected chi connectivity index (χ4v) is 3.46. The second-order valence-corrected chi connectivity index (χ2v) is 7.45. The molecule has 0 aliphatic carbocycles. The molecule has 110 valence electrons. The van der Waals surface area contributed by atoms with Gasteiger partial charge in [-0.2, -0.15) is 0 Å². The predicted molar refractivity (Wildman–Crippen MR) is 78.1 cm³/mol. The van der Waals surface area contributed by atoms with Crippen LogP contribution in [0.2, 0.25) is 0 Å². The van der Waals surface area contributed by atoms with E-state index in [2.05, 4.69) is 29.0 Å². The van der Waals surface area contributed by atoms with Crippen LogP contribution in [-0.2, 0) is 4.79 Å². The molecule has 4 nitrogen and oxygen atoms in total. The highest BCUT2D eigenvalue weighted by Gasteiger charge is 2.48. The lowest BCUT2D eigenvalue weighted by Crippen LogP contribution is -2.59. The molecule has 1 amide bonds. The van der Waals surface area contributed by atoms with Gasteiger partial charge in [-0.05, 0) is 20.3 Å². The predicted octanol–water partition coefficient (Wildman–Crippen LogP) is 1.32. The van der Waals surface area contributed by atoms with E-state index in [-0.39, 0.29) is 16.9 Å². The molecule has 2 rings (SSSR count). The third kappa shape index (κ3) is 2.79. The molecule has 2 aliphatic heterocycles. The van der Waals surface area contributed by atoms with Gasteiger partial charge in [-0.25, -0.2) is 0 Å². The van der Waals surface area contributed by atoms with Crippen molar-refractivity contribution in [2.24, 2.45) is 5.41 Å². The standard InChI is InChI=1S/C15H29N3O/c1-14(2,3)13(19)18-9-6-12(15(18,4)5)17-10-7-16-8-11-17/h12,16H,6-11H2,1-5H3. The fourth-order valence-electron chi connectivity index (χ4n) is 3.46. The Bertz CT molecular complexity index is 340. The summed E-state index contributed by atoms with van der Waals surface area (Å²) >= 11 is 0. The van der Waals surface area contributed by atoms with Crippen LogP contribution in [-0.4, -0.2) is 60.0 Å². The van der Waals surface area contributed by atoms with E-state index in [1.54, 1.807) is 0 Å². The van der Waals surface area contributed by atoms with Crippen LogP contribution in [0.4, 0.5) is 0 Å². The molecule has 19 heavy (non-hydrogen) atoms. The molecule has 0 radical (unpaired) electrons. The molecule has 0 aromatic heterocycles. The second kappa shape index (κ2) is 5.06. The first-order valence-electron chi connectivity index (χ1n) is 7.51. The number of carbonyl (C=O) groups is 1. The quantitative estimate of drug-likeness (QED) is 0.778. The lowest BCUT2D eigenvalue weighted by Gasteiger charge is -2.44. The molecule has 2 aliphatic rings. The van der Waals surface area contributed by atoms with E-state index in [9.17, 15) is 4.79 Å². The Labute approximate surface area is 117 Å². The van der Waals surface area contributed by atoms with Crippen LogP contribution in [0, 0.1) is 5.41 Å². The highest BCUT2D eigenvalue weighted by molar-refractivity contribution is 5.82. The molecular weight excluding hydrogens is 238 g/mol. The van der Waals surface area contributed by atoms with Crippen molar-refractivity contribution in [3.8, 4) is 0 Å². The smallest absolute Gasteiger partial charge is 0.228 e. The number of rotatable bonds is 1. The summed E-state index contributed by atoms with van der Waals surface area (Å²) in [4.78, 5) is 17.3. The molecular formula is C15H29N3O. The molecule has 0 aromatic rings. The lowest BCUT2D eigenvalue weighted by atomic mass is 9.89. The maximum Gasteiger partial charge on any atom is 0.228 e. The van der Waals surface area contributed by atoms with E-state index in [0.29, 0.717) is 6.04 Å². The SMILES string of the molecule is CC(C)(C)C(=O)N1CCC(N2CCNCC2)C1(C)C. The summed E-state index contributed by atoms with van der Waals surface area (Å²) in [6, 6.07) is 0.501. The molecule has 0 bridgehead atoms. The summed E-state index contributed by atoms with van der Waals surface area (Å²) in [5.41, 5.74) is -0.336. The number of nitrogens with zero attached hydrogens (tertiary/aromatic N) is 2. The van der Waals surface area contributed by atoms with Gasteiger partial charge in [-0.15, -0.1) is 0 Å². The number of piperazine rings is 1. The number of nitrogens with one attached hydrogen (secondary N) is 1. The van der Waals surface area contributed by atoms with Crippen molar-refractivity contribution in [2.75, 3.05) is 32.7 Å². The average molecular weight is 267 g/mol. The van der Waals surface area contributed by atoms with Crippen LogP contribution in [0.1, 0.15) is 41.0 Å². The third-order valence-corrected chi connectivity index (χ3v) is 4.62. The number of amides is 1. The normalized spacial score (nSPS) is 28.7. The van der Waals surface area contributed by atoms with E-state index < -0.39 is 0 Å². The van der Waals surface area contributed by atoms with E-state index in [4.69, 9.17) is 0 Å². The van der Waals surface area contributed by atoms with Crippen LogP contribution < -0.4 is 5.32 Å². The average Bonchev–Trinajstić information content (AvgIpc) is 2.63. The number of carbonyl (C=O) groups excluding carboxylic acids is 1. The van der Waals surface area contributed by atoms with Gasteiger partial charge in [0.2, 0.25) is 5.91 Å². The molecule has 0 saturated carbocycles. The monoisotopic (exact) mass is 267 g/mol. The van der Waals surface area contributed by atoms with E-state index in [0.717, 1.165) is 39.1 Å². The summed E-state index contributed by atoms with van der Waals surface area (Å²) in [7, 11) is 0. The van der Waals surface area contributed by atoms with Crippen LogP contribution in [0.15, 0.2) is 0 Å². The molecule has 0 spiro atoms. The second-order valence-electron chi connectivity index (χ2n) is 7.45. The van der Waals surface area contributed by atoms with E-state index >= 15 is 0 Å². The lowest BCUT2D eigenvalue weighted by molar-refractivity contribution is -0.143. The van der Waals surface area contributed by atoms with Crippen molar-refractivity contribution in [1.29, 1.82) is 0 Å². The van der Waals surface area contributed by atoms with Crippen molar-refractivity contribution < 1.29 is 4.79 Å². The summed E-state index contributed by atoms with van der Waals surface area (Å²) < 4.78 is 0. The Morgan fingerprint density at radius 3 is 2.26 bits per heavy atom. The van der Waals surface area contributed by atoms with Crippen molar-refractivity contribution in [1.82, 2.24) is 15.1 Å². The largest absolute Gasteiger partial charge is 0.335 e. The molecule has 1 N–H and O–H groups in total. The summed E-state index contributed by atoms with van der Waals surface area (Å²) in [6.07, 6.45) is 1.11. The van der Waals surface area contributed by atoms with Crippen molar-refractivity contribution in [2.45, 2.75) is 52.6 Å². The minimum absolute atomic E-state index is 0.0539. The van der Waals surface area contributed by atoms with Gasteiger partial charge in [-0.3, -0.25) is 9.69 Å². The van der Waals surface area contributed by atoms with Crippen LogP contribution in [0.25, 0.3) is 0 Å². The van der Waals surface area contributed by atoms with E-state index in [1.807, 2.05) is 20.8 Å². The maximum atomic E-state index is 12.6. The van der Waals surface area contributed by atoms with Gasteiger partial charge in [-0.1, -0.05) is 20.8 Å². The molecule has 0 aromatic carbocycles. The molecule has 2 saturated heterocycles. The Morgan fingerprint density at radius 1 is 1.16 bits per heavy atom. The van der Waals surface area contributed by atoms with Crippen LogP contribution in [0.3, 0.4) is 0 Å². The Hall–Kier alpha value is -0.610. The van der Waals surface area contributed by atoms with E-state index in [1.165, 1.54) is 0 Å². The summed E-state index contributed by atoms with van der Waals surface area (Å²) in [5.74, 6) is 0.287. The minimum atomic E-state index is -0.282. The maximum absolute atomic E-state index is 12.6. The highest BCUT2D eigenvalue weighted by atomic mass is 16.2. The Morgan fingerprint density at radius 2 is 1.74 bits per heavy atom. The summed E-state index contributed by atoms with van der Waals surface area (Å²) in [5, 5.41) is 3.40. The number of likely N-dealkylation sites (tertiary alicyclic amines) is 1. The number of hydrogen-bond acceptors (Lipinski definition) is 3. The molecule has 2 fully saturated rings. The highest BCUT2D eigenvalue weighted by Crippen LogP contribution is 2.36. The zero-order valence-corrected chi connectivity index (χ0v) is 13.1. The zero-order valence-electron chi connectivity index (χ0n) is 13.1. The Balaban J connectivity index is 2.12. The van der Waals surface area contributed by atoms with Gasteiger partial charge in [0.25, 0.3) is 0 Å². The summed E-state index contributed by atoms with van der Waals surface area (Å²) in [6.45, 7) is 15.8. The van der Waals surface area contributed by atoms with Crippen molar-refractivity contribution >= 4 is 5.91 Å². The molecule has 1 unspecified atom stereocenters. The van der Waals surface area contributed by atoms with Gasteiger partial charge in [0.15, 0.2) is 0 Å². The van der Waals surface area contributed by atoms with Gasteiger partial charge < -0.3 is 10.2 Å². The van der Waals surface area contributed by atoms with Crippen molar-refractivity contribution in [3.05, 3.63) is 0 Å². The third-order valence-electron chi connectivity index (χ3n) is 4.62. The fraction of sp³-hybridized carbons (Fsp3) is 0.933. The van der Waals surface area contributed by atoms with Gasteiger partial charge in [0, 0.05) is 44.2 Å². The number of hydrogen-bond donors (Lipinski definition) is 1. The first-order chi connectivity index (χ1) is 8.74. The zero-order chi connectivity index (χ0) is 14.3. The molecule has 1 atom stereocenters. The molecule has 2 heterocycles. The minimum Gasteiger partial charge on any atom is -0.335 e.